The van der Waals surface area contributed by atoms with Crippen molar-refractivity contribution in [2.75, 3.05) is 13.2 Å². The summed E-state index contributed by atoms with van der Waals surface area (Å²) in [5, 5.41) is 8.71. The molecule has 1 aliphatic rings. The molecule has 1 heterocycles. The van der Waals surface area contributed by atoms with Gasteiger partial charge in [0.25, 0.3) is 0 Å². The fourth-order valence-electron chi connectivity index (χ4n) is 2.44. The Morgan fingerprint density at radius 2 is 1.92 bits per heavy atom. The lowest BCUT2D eigenvalue weighted by atomic mass is 10.1. The molecule has 0 radical (unpaired) electrons. The van der Waals surface area contributed by atoms with Crippen LogP contribution in [0.2, 0.25) is 0 Å². The molecule has 0 spiro atoms. The largest absolute Gasteiger partial charge is 0.423 e. The van der Waals surface area contributed by atoms with Crippen molar-refractivity contribution in [2.24, 2.45) is 5.92 Å². The van der Waals surface area contributed by atoms with Crippen LogP contribution in [0, 0.1) is 23.1 Å². The van der Waals surface area contributed by atoms with E-state index in [1.807, 2.05) is 0 Å². The van der Waals surface area contributed by atoms with Crippen molar-refractivity contribution in [1.29, 1.82) is 5.26 Å². The van der Waals surface area contributed by atoms with Crippen LogP contribution >= 0.6 is 0 Å². The maximum atomic E-state index is 13.6. The molecule has 2 aromatic rings. The van der Waals surface area contributed by atoms with Crippen molar-refractivity contribution in [3.05, 3.63) is 77.6 Å². The standard InChI is InChI=1S/C20H16FNO4/c1-2-13-11-24-20(25-12-13)15-5-3-14(4-6-15)19(23)26-17-8-7-16(10-22)18(21)9-17/h2-9,13,20H,1,11-12H2/t13-,20-. The minimum Gasteiger partial charge on any atom is -0.423 e. The minimum absolute atomic E-state index is 0.0324. The van der Waals surface area contributed by atoms with E-state index in [2.05, 4.69) is 6.58 Å². The number of nitriles is 1. The Hall–Kier alpha value is -3.01. The van der Waals surface area contributed by atoms with E-state index in [-0.39, 0.29) is 17.2 Å². The van der Waals surface area contributed by atoms with E-state index < -0.39 is 18.1 Å². The van der Waals surface area contributed by atoms with Gasteiger partial charge in [-0.1, -0.05) is 18.2 Å². The quantitative estimate of drug-likeness (QED) is 0.475. The molecule has 0 saturated carbocycles. The zero-order chi connectivity index (χ0) is 18.5. The van der Waals surface area contributed by atoms with Crippen LogP contribution in [0.25, 0.3) is 0 Å². The van der Waals surface area contributed by atoms with Gasteiger partial charge in [-0.3, -0.25) is 0 Å². The Kier molecular flexibility index (Phi) is 5.42. The normalized spacial score (nSPS) is 19.4. The minimum atomic E-state index is -0.738. The Morgan fingerprint density at radius 1 is 1.23 bits per heavy atom. The summed E-state index contributed by atoms with van der Waals surface area (Å²) in [6.07, 6.45) is 1.31. The molecule has 0 unspecified atom stereocenters. The number of halogens is 1. The van der Waals surface area contributed by atoms with Crippen LogP contribution in [0.1, 0.15) is 27.8 Å². The predicted octanol–water partition coefficient (Wildman–Crippen LogP) is 3.76. The van der Waals surface area contributed by atoms with E-state index in [0.717, 1.165) is 11.6 Å². The molecule has 1 aliphatic heterocycles. The Morgan fingerprint density at radius 3 is 2.50 bits per heavy atom. The Bertz CT molecular complexity index is 849. The molecular weight excluding hydrogens is 337 g/mol. The van der Waals surface area contributed by atoms with Crippen molar-refractivity contribution < 1.29 is 23.4 Å². The van der Waals surface area contributed by atoms with Gasteiger partial charge in [0.15, 0.2) is 6.29 Å². The highest BCUT2D eigenvalue weighted by Crippen LogP contribution is 2.26. The maximum Gasteiger partial charge on any atom is 0.343 e. The summed E-state index contributed by atoms with van der Waals surface area (Å²) in [7, 11) is 0. The molecule has 0 atom stereocenters. The van der Waals surface area contributed by atoms with Gasteiger partial charge in [0.2, 0.25) is 0 Å². The molecule has 1 fully saturated rings. The number of nitrogens with zero attached hydrogens (tertiary/aromatic N) is 1. The van der Waals surface area contributed by atoms with Crippen LogP contribution in [0.15, 0.2) is 55.1 Å². The topological polar surface area (TPSA) is 68.5 Å². The lowest BCUT2D eigenvalue weighted by Crippen LogP contribution is -2.25. The Labute approximate surface area is 150 Å². The first kappa shape index (κ1) is 17.8. The van der Waals surface area contributed by atoms with Crippen LogP contribution in [0.4, 0.5) is 4.39 Å². The first-order valence-electron chi connectivity index (χ1n) is 7.98. The summed E-state index contributed by atoms with van der Waals surface area (Å²) in [5.74, 6) is -1.16. The third kappa shape index (κ3) is 3.97. The van der Waals surface area contributed by atoms with Crippen LogP contribution < -0.4 is 4.74 Å². The highest BCUT2D eigenvalue weighted by molar-refractivity contribution is 5.91. The summed E-state index contributed by atoms with van der Waals surface area (Å²) < 4.78 is 29.9. The van der Waals surface area contributed by atoms with Crippen LogP contribution in [-0.2, 0) is 9.47 Å². The maximum absolute atomic E-state index is 13.6. The molecule has 2 aromatic carbocycles. The molecule has 0 aromatic heterocycles. The summed E-state index contributed by atoms with van der Waals surface area (Å²) >= 11 is 0. The molecule has 26 heavy (non-hydrogen) atoms. The lowest BCUT2D eigenvalue weighted by molar-refractivity contribution is -0.197. The van der Waals surface area contributed by atoms with Crippen molar-refractivity contribution in [2.45, 2.75) is 6.29 Å². The lowest BCUT2D eigenvalue weighted by Gasteiger charge is -2.28. The van der Waals surface area contributed by atoms with Crippen LogP contribution in [-0.4, -0.2) is 19.2 Å². The first-order valence-corrected chi connectivity index (χ1v) is 7.98. The highest BCUT2D eigenvalue weighted by Gasteiger charge is 2.22. The first-order chi connectivity index (χ1) is 12.6. The van der Waals surface area contributed by atoms with Gasteiger partial charge >= 0.3 is 5.97 Å². The van der Waals surface area contributed by atoms with E-state index in [0.29, 0.717) is 18.8 Å². The average Bonchev–Trinajstić information content (AvgIpc) is 2.68. The molecular formula is C20H16FNO4. The zero-order valence-electron chi connectivity index (χ0n) is 13.9. The van der Waals surface area contributed by atoms with Gasteiger partial charge in [-0.15, -0.1) is 6.58 Å². The molecule has 0 N–H and O–H groups in total. The molecule has 6 heteroatoms. The third-order valence-corrected chi connectivity index (χ3v) is 3.95. The zero-order valence-corrected chi connectivity index (χ0v) is 13.9. The van der Waals surface area contributed by atoms with Crippen LogP contribution in [0.5, 0.6) is 5.75 Å². The third-order valence-electron chi connectivity index (χ3n) is 3.95. The van der Waals surface area contributed by atoms with E-state index in [1.165, 1.54) is 12.1 Å². The number of carbonyl (C=O) groups is 1. The van der Waals surface area contributed by atoms with Crippen molar-refractivity contribution in [3.63, 3.8) is 0 Å². The van der Waals surface area contributed by atoms with Gasteiger partial charge in [-0.05, 0) is 24.3 Å². The van der Waals surface area contributed by atoms with Gasteiger partial charge < -0.3 is 14.2 Å². The fraction of sp³-hybridized carbons (Fsp3) is 0.200. The number of rotatable bonds is 4. The van der Waals surface area contributed by atoms with Gasteiger partial charge in [0, 0.05) is 17.5 Å². The summed E-state index contributed by atoms with van der Waals surface area (Å²) in [6.45, 7) is 4.77. The fourth-order valence-corrected chi connectivity index (χ4v) is 2.44. The second kappa shape index (κ2) is 7.91. The predicted molar refractivity (Wildman–Crippen MR) is 90.8 cm³/mol. The van der Waals surface area contributed by atoms with Crippen molar-refractivity contribution in [1.82, 2.24) is 0 Å². The van der Waals surface area contributed by atoms with E-state index in [4.69, 9.17) is 19.5 Å². The molecule has 0 amide bonds. The summed E-state index contributed by atoms with van der Waals surface area (Å²) in [4.78, 5) is 12.2. The van der Waals surface area contributed by atoms with Gasteiger partial charge in [0.05, 0.1) is 24.3 Å². The van der Waals surface area contributed by atoms with Gasteiger partial charge in [-0.2, -0.15) is 5.26 Å². The smallest absolute Gasteiger partial charge is 0.343 e. The van der Waals surface area contributed by atoms with E-state index >= 15 is 0 Å². The molecule has 5 nitrogen and oxygen atoms in total. The molecule has 1 saturated heterocycles. The molecule has 132 valence electrons. The molecule has 0 aliphatic carbocycles. The SMILES string of the molecule is C=C[C@H]1CO[C@H](c2ccc(C(=O)Oc3ccc(C#N)c(F)c3)cc2)OC1. The summed E-state index contributed by atoms with van der Waals surface area (Å²) in [6, 6.07) is 11.9. The number of hydrogen-bond donors (Lipinski definition) is 0. The highest BCUT2D eigenvalue weighted by atomic mass is 19.1. The van der Waals surface area contributed by atoms with Gasteiger partial charge in [0.1, 0.15) is 17.6 Å². The average molecular weight is 353 g/mol. The number of hydrogen-bond acceptors (Lipinski definition) is 5. The summed E-state index contributed by atoms with van der Waals surface area (Å²) in [5.41, 5.74) is 0.979. The van der Waals surface area contributed by atoms with Gasteiger partial charge in [-0.25, -0.2) is 9.18 Å². The second-order valence-electron chi connectivity index (χ2n) is 5.76. The number of carbonyl (C=O) groups excluding carboxylic acids is 1. The number of ether oxygens (including phenoxy) is 3. The van der Waals surface area contributed by atoms with E-state index in [1.54, 1.807) is 36.4 Å². The molecule has 0 bridgehead atoms. The monoisotopic (exact) mass is 353 g/mol. The number of esters is 1. The number of benzene rings is 2. The Balaban J connectivity index is 1.65. The molecule has 3 rings (SSSR count). The van der Waals surface area contributed by atoms with Crippen molar-refractivity contribution >= 4 is 5.97 Å². The van der Waals surface area contributed by atoms with Crippen molar-refractivity contribution in [3.8, 4) is 11.8 Å². The van der Waals surface area contributed by atoms with E-state index in [9.17, 15) is 9.18 Å². The van der Waals surface area contributed by atoms with Crippen LogP contribution in [0.3, 0.4) is 0 Å². The second-order valence-corrected chi connectivity index (χ2v) is 5.76.